The lowest BCUT2D eigenvalue weighted by Crippen LogP contribution is -1.92. The predicted molar refractivity (Wildman–Crippen MR) is 111 cm³/mol. The van der Waals surface area contributed by atoms with Gasteiger partial charge in [-0.15, -0.1) is 13.2 Å². The molecule has 3 aromatic carbocycles. The van der Waals surface area contributed by atoms with Gasteiger partial charge < -0.3 is 25.8 Å². The zero-order chi connectivity index (χ0) is 21.1. The van der Waals surface area contributed by atoms with Crippen LogP contribution in [0.2, 0.25) is 0 Å². The summed E-state index contributed by atoms with van der Waals surface area (Å²) < 4.78 is 4.78. The number of phenols is 3. The van der Waals surface area contributed by atoms with Gasteiger partial charge in [-0.05, 0) is 35.4 Å². The van der Waals surface area contributed by atoms with Gasteiger partial charge in [0.1, 0.15) is 23.5 Å². The molecule has 6 nitrogen and oxygen atoms in total. The van der Waals surface area contributed by atoms with Crippen LogP contribution in [0.1, 0.15) is 10.4 Å². The van der Waals surface area contributed by atoms with Gasteiger partial charge in [-0.2, -0.15) is 0 Å². The summed E-state index contributed by atoms with van der Waals surface area (Å²) in [5.74, 6) is 0.0104. The zero-order valence-corrected chi connectivity index (χ0v) is 15.5. The van der Waals surface area contributed by atoms with Crippen molar-refractivity contribution in [2.45, 2.75) is 0 Å². The Balaban J connectivity index is 0.000000268. The molecule has 0 heterocycles. The number of rotatable bonds is 3. The summed E-state index contributed by atoms with van der Waals surface area (Å²) in [6, 6.07) is 17.1. The molecule has 6 heteroatoms. The van der Waals surface area contributed by atoms with E-state index in [1.807, 2.05) is 24.3 Å². The standard InChI is InChI=1S/C13H10O2.C7H9NO3.C2H4/c14-9-10-1-3-11(4-2-10)12-5-7-13(15)8-6-12;1-11-5-3-2-4(9)7(10)6(5)8;1-2/h1-9,15H;2-3,9-10H,8H2,1H3;1-2H2. The summed E-state index contributed by atoms with van der Waals surface area (Å²) >= 11 is 0. The average molecular weight is 381 g/mol. The van der Waals surface area contributed by atoms with Crippen LogP contribution in [0.25, 0.3) is 11.1 Å². The van der Waals surface area contributed by atoms with Gasteiger partial charge in [0.15, 0.2) is 11.5 Å². The van der Waals surface area contributed by atoms with Crippen molar-refractivity contribution in [2.75, 3.05) is 12.8 Å². The molecule has 0 aliphatic rings. The number of nitrogens with two attached hydrogens (primary N) is 1. The number of hydrogen-bond donors (Lipinski definition) is 4. The van der Waals surface area contributed by atoms with Gasteiger partial charge in [0.25, 0.3) is 0 Å². The second-order valence-corrected chi connectivity index (χ2v) is 5.34. The molecule has 0 radical (unpaired) electrons. The third kappa shape index (κ3) is 5.81. The number of methoxy groups -OCH3 is 1. The number of ether oxygens (including phenoxy) is 1. The Morgan fingerprint density at radius 1 is 0.857 bits per heavy atom. The van der Waals surface area contributed by atoms with Crippen LogP contribution in [-0.4, -0.2) is 28.7 Å². The van der Waals surface area contributed by atoms with Gasteiger partial charge in [0.05, 0.1) is 7.11 Å². The third-order valence-electron chi connectivity index (χ3n) is 3.62. The van der Waals surface area contributed by atoms with Crippen LogP contribution in [0.15, 0.2) is 73.8 Å². The van der Waals surface area contributed by atoms with Crippen molar-refractivity contribution in [1.29, 1.82) is 0 Å². The molecule has 0 aliphatic carbocycles. The van der Waals surface area contributed by atoms with Gasteiger partial charge in [-0.3, -0.25) is 4.79 Å². The monoisotopic (exact) mass is 381 g/mol. The minimum atomic E-state index is -0.343. The molecule has 146 valence electrons. The van der Waals surface area contributed by atoms with E-state index in [9.17, 15) is 4.79 Å². The molecule has 0 saturated carbocycles. The lowest BCUT2D eigenvalue weighted by Gasteiger charge is -2.06. The number of phenolic OH excluding ortho intramolecular Hbond substituents is 3. The van der Waals surface area contributed by atoms with E-state index in [1.54, 1.807) is 24.3 Å². The van der Waals surface area contributed by atoms with E-state index in [-0.39, 0.29) is 22.9 Å². The number of anilines is 1. The fraction of sp³-hybridized carbons (Fsp3) is 0.0455. The molecule has 0 bridgehead atoms. The maximum absolute atomic E-state index is 10.5. The molecule has 0 spiro atoms. The SMILES string of the molecule is C=C.COc1ccc(O)c(O)c1N.O=Cc1ccc(-c2ccc(O)cc2)cc1. The number of hydrogen-bond acceptors (Lipinski definition) is 6. The van der Waals surface area contributed by atoms with Crippen molar-refractivity contribution in [2.24, 2.45) is 0 Å². The summed E-state index contributed by atoms with van der Waals surface area (Å²) in [6.07, 6.45) is 0.820. The number of benzene rings is 3. The van der Waals surface area contributed by atoms with Crippen LogP contribution in [-0.2, 0) is 0 Å². The van der Waals surface area contributed by atoms with Gasteiger partial charge in [-0.25, -0.2) is 0 Å². The minimum Gasteiger partial charge on any atom is -0.508 e. The smallest absolute Gasteiger partial charge is 0.184 e. The first-order valence-corrected chi connectivity index (χ1v) is 8.15. The molecule has 0 aliphatic heterocycles. The predicted octanol–water partition coefficient (Wildman–Crippen LogP) is 4.36. The van der Waals surface area contributed by atoms with E-state index in [0.717, 1.165) is 17.4 Å². The van der Waals surface area contributed by atoms with E-state index >= 15 is 0 Å². The van der Waals surface area contributed by atoms with Crippen molar-refractivity contribution in [3.63, 3.8) is 0 Å². The lowest BCUT2D eigenvalue weighted by molar-refractivity contribution is 0.112. The number of nitrogen functional groups attached to an aromatic ring is 1. The highest BCUT2D eigenvalue weighted by Crippen LogP contribution is 2.37. The fourth-order valence-electron chi connectivity index (χ4n) is 2.16. The van der Waals surface area contributed by atoms with Crippen molar-refractivity contribution in [3.05, 3.63) is 79.4 Å². The summed E-state index contributed by atoms with van der Waals surface area (Å²) in [5, 5.41) is 27.1. The molecule has 0 amide bonds. The second-order valence-electron chi connectivity index (χ2n) is 5.34. The fourth-order valence-corrected chi connectivity index (χ4v) is 2.16. The number of carbonyl (C=O) groups excluding carboxylic acids is 1. The van der Waals surface area contributed by atoms with E-state index in [2.05, 4.69) is 13.2 Å². The quantitative estimate of drug-likeness (QED) is 0.232. The molecule has 3 aromatic rings. The zero-order valence-electron chi connectivity index (χ0n) is 15.5. The maximum Gasteiger partial charge on any atom is 0.184 e. The first-order valence-electron chi connectivity index (χ1n) is 8.15. The summed E-state index contributed by atoms with van der Waals surface area (Å²) in [6.45, 7) is 6.00. The Labute approximate surface area is 163 Å². The van der Waals surface area contributed by atoms with E-state index in [0.29, 0.717) is 11.3 Å². The number of aromatic hydroxyl groups is 3. The van der Waals surface area contributed by atoms with E-state index in [4.69, 9.17) is 25.8 Å². The van der Waals surface area contributed by atoms with E-state index < -0.39 is 0 Å². The third-order valence-corrected chi connectivity index (χ3v) is 3.62. The highest BCUT2D eigenvalue weighted by molar-refractivity contribution is 5.77. The van der Waals surface area contributed by atoms with Crippen molar-refractivity contribution >= 4 is 12.0 Å². The van der Waals surface area contributed by atoms with Crippen LogP contribution >= 0.6 is 0 Å². The molecule has 0 saturated heterocycles. The molecule has 5 N–H and O–H groups in total. The number of carbonyl (C=O) groups is 1. The Morgan fingerprint density at radius 3 is 1.82 bits per heavy atom. The van der Waals surface area contributed by atoms with Gasteiger partial charge in [0, 0.05) is 5.56 Å². The molecular weight excluding hydrogens is 358 g/mol. The molecule has 0 fully saturated rings. The second kappa shape index (κ2) is 10.9. The van der Waals surface area contributed by atoms with Crippen LogP contribution in [0.5, 0.6) is 23.0 Å². The Morgan fingerprint density at radius 2 is 1.36 bits per heavy atom. The van der Waals surface area contributed by atoms with Gasteiger partial charge in [-0.1, -0.05) is 36.4 Å². The largest absolute Gasteiger partial charge is 0.508 e. The van der Waals surface area contributed by atoms with Crippen LogP contribution in [0, 0.1) is 0 Å². The van der Waals surface area contributed by atoms with Crippen molar-refractivity contribution < 1.29 is 24.9 Å². The first kappa shape index (κ1) is 22.1. The van der Waals surface area contributed by atoms with Crippen molar-refractivity contribution in [3.8, 4) is 34.1 Å². The van der Waals surface area contributed by atoms with E-state index in [1.165, 1.54) is 19.2 Å². The first-order chi connectivity index (χ1) is 13.5. The molecular formula is C22H23NO5. The normalized spacial score (nSPS) is 9.18. The summed E-state index contributed by atoms with van der Waals surface area (Å²) in [7, 11) is 1.43. The van der Waals surface area contributed by atoms with Crippen LogP contribution < -0.4 is 10.5 Å². The van der Waals surface area contributed by atoms with Gasteiger partial charge in [0.2, 0.25) is 0 Å². The van der Waals surface area contributed by atoms with Crippen LogP contribution in [0.4, 0.5) is 5.69 Å². The Kier molecular flexibility index (Phi) is 8.63. The van der Waals surface area contributed by atoms with Crippen molar-refractivity contribution in [1.82, 2.24) is 0 Å². The highest BCUT2D eigenvalue weighted by Gasteiger charge is 2.08. The minimum absolute atomic E-state index is 0.0486. The summed E-state index contributed by atoms with van der Waals surface area (Å²) in [5.41, 5.74) is 8.12. The highest BCUT2D eigenvalue weighted by atomic mass is 16.5. The summed E-state index contributed by atoms with van der Waals surface area (Å²) in [4.78, 5) is 10.5. The number of aldehydes is 1. The lowest BCUT2D eigenvalue weighted by atomic mass is 10.0. The molecule has 3 rings (SSSR count). The topological polar surface area (TPSA) is 113 Å². The Bertz CT molecular complexity index is 890. The Hall–Kier alpha value is -3.93. The molecule has 0 aromatic heterocycles. The van der Waals surface area contributed by atoms with Gasteiger partial charge >= 0.3 is 0 Å². The molecule has 28 heavy (non-hydrogen) atoms. The maximum atomic E-state index is 10.5. The molecule has 0 atom stereocenters. The molecule has 0 unspecified atom stereocenters. The van der Waals surface area contributed by atoms with Crippen LogP contribution in [0.3, 0.4) is 0 Å². The average Bonchev–Trinajstić information content (AvgIpc) is 2.75.